The lowest BCUT2D eigenvalue weighted by Gasteiger charge is -2.33. The summed E-state index contributed by atoms with van der Waals surface area (Å²) in [5, 5.41) is 21.3. The van der Waals surface area contributed by atoms with Crippen LogP contribution in [0, 0.1) is 30.1 Å². The highest BCUT2D eigenvalue weighted by molar-refractivity contribution is 7.14. The molecule has 0 aliphatic rings. The number of pyridine rings is 1. The summed E-state index contributed by atoms with van der Waals surface area (Å²) in [6.45, 7) is 13.2. The van der Waals surface area contributed by atoms with E-state index in [-0.39, 0.29) is 0 Å². The van der Waals surface area contributed by atoms with Crippen molar-refractivity contribution in [3.63, 3.8) is 0 Å². The van der Waals surface area contributed by atoms with Gasteiger partial charge < -0.3 is 9.64 Å². The molecule has 2 aromatic heterocycles. The summed E-state index contributed by atoms with van der Waals surface area (Å²) < 4.78 is 5.88. The highest BCUT2D eigenvalue weighted by Crippen LogP contribution is 2.40. The molecule has 0 atom stereocenters. The van der Waals surface area contributed by atoms with E-state index in [2.05, 4.69) is 66.9 Å². The van der Waals surface area contributed by atoms with Crippen LogP contribution < -0.4 is 9.64 Å². The molecule has 1 aromatic carbocycles. The third-order valence-corrected chi connectivity index (χ3v) is 8.04. The number of azo groups is 1. The van der Waals surface area contributed by atoms with Crippen LogP contribution in [-0.4, -0.2) is 25.2 Å². The first kappa shape index (κ1) is 28.3. The van der Waals surface area contributed by atoms with Crippen molar-refractivity contribution in [2.45, 2.75) is 60.3 Å². The number of thiophene rings is 1. The molecule has 0 amide bonds. The summed E-state index contributed by atoms with van der Waals surface area (Å²) in [6, 6.07) is 12.1. The van der Waals surface area contributed by atoms with E-state index in [0.717, 1.165) is 72.7 Å². The molecular formula is C30H39N5OS. The Labute approximate surface area is 226 Å². The van der Waals surface area contributed by atoms with E-state index in [1.165, 1.54) is 11.3 Å². The number of nitrogens with zero attached hydrogens (tertiary/aromatic N) is 5. The van der Waals surface area contributed by atoms with Crippen LogP contribution in [0.4, 0.5) is 16.4 Å². The van der Waals surface area contributed by atoms with Crippen molar-refractivity contribution in [1.82, 2.24) is 4.98 Å². The second-order valence-electron chi connectivity index (χ2n) is 9.44. The molecule has 0 unspecified atom stereocenters. The first-order valence-electron chi connectivity index (χ1n) is 13.3. The molecule has 0 fully saturated rings. The van der Waals surface area contributed by atoms with Crippen molar-refractivity contribution in [3.05, 3.63) is 53.0 Å². The highest BCUT2D eigenvalue weighted by atomic mass is 32.1. The van der Waals surface area contributed by atoms with Crippen LogP contribution in [-0.2, 0) is 0 Å². The van der Waals surface area contributed by atoms with E-state index < -0.39 is 0 Å². The zero-order chi connectivity index (χ0) is 26.8. The second-order valence-corrected chi connectivity index (χ2v) is 10.3. The summed E-state index contributed by atoms with van der Waals surface area (Å²) in [5.74, 6) is 2.07. The molecule has 0 saturated heterocycles. The number of methoxy groups -OCH3 is 1. The van der Waals surface area contributed by atoms with E-state index in [1.807, 2.05) is 29.6 Å². The Morgan fingerprint density at radius 2 is 1.70 bits per heavy atom. The minimum atomic E-state index is 0.496. The van der Waals surface area contributed by atoms with Crippen molar-refractivity contribution in [3.8, 4) is 23.1 Å². The topological polar surface area (TPSA) is 73.9 Å². The number of nitriles is 1. The number of anilines is 1. The maximum atomic E-state index is 9.81. The predicted molar refractivity (Wildman–Crippen MR) is 155 cm³/mol. The Bertz CT molecular complexity index is 1190. The van der Waals surface area contributed by atoms with Crippen molar-refractivity contribution in [1.29, 1.82) is 5.26 Å². The Morgan fingerprint density at radius 3 is 2.24 bits per heavy atom. The second kappa shape index (κ2) is 13.9. The maximum absolute atomic E-state index is 9.81. The zero-order valence-corrected chi connectivity index (χ0v) is 23.8. The first-order valence-corrected chi connectivity index (χ1v) is 14.2. The Hall–Kier alpha value is -3.24. The molecule has 37 heavy (non-hydrogen) atoms. The smallest absolute Gasteiger partial charge is 0.157 e. The molecule has 0 bridgehead atoms. The molecule has 0 aliphatic heterocycles. The van der Waals surface area contributed by atoms with Crippen molar-refractivity contribution < 1.29 is 4.74 Å². The van der Waals surface area contributed by atoms with Crippen LogP contribution in [0.25, 0.3) is 11.3 Å². The van der Waals surface area contributed by atoms with Gasteiger partial charge in [0.05, 0.1) is 24.2 Å². The Balaban J connectivity index is 1.96. The maximum Gasteiger partial charge on any atom is 0.157 e. The van der Waals surface area contributed by atoms with Gasteiger partial charge in [-0.3, -0.25) is 4.98 Å². The summed E-state index contributed by atoms with van der Waals surface area (Å²) in [4.78, 5) is 6.89. The summed E-state index contributed by atoms with van der Waals surface area (Å²) in [7, 11) is 1.72. The summed E-state index contributed by atoms with van der Waals surface area (Å²) in [6.07, 6.45) is 6.36. The van der Waals surface area contributed by atoms with Gasteiger partial charge in [-0.1, -0.05) is 59.4 Å². The van der Waals surface area contributed by atoms with E-state index in [1.54, 1.807) is 13.3 Å². The molecule has 3 aromatic rings. The van der Waals surface area contributed by atoms with E-state index in [4.69, 9.17) is 4.74 Å². The molecule has 0 spiro atoms. The zero-order valence-electron chi connectivity index (χ0n) is 23.0. The number of hydrogen-bond donors (Lipinski definition) is 0. The number of benzene rings is 1. The molecule has 7 heteroatoms. The molecular weight excluding hydrogens is 478 g/mol. The summed E-state index contributed by atoms with van der Waals surface area (Å²) in [5.41, 5.74) is 4.92. The first-order chi connectivity index (χ1) is 18.0. The largest absolute Gasteiger partial charge is 0.495 e. The summed E-state index contributed by atoms with van der Waals surface area (Å²) >= 11 is 1.40. The van der Waals surface area contributed by atoms with Crippen LogP contribution in [0.1, 0.15) is 64.5 Å². The number of aryl methyl sites for hydroxylation is 1. The number of hydrogen-bond acceptors (Lipinski definition) is 7. The lowest BCUT2D eigenvalue weighted by Crippen LogP contribution is -2.34. The molecule has 3 rings (SSSR count). The Kier molecular flexibility index (Phi) is 10.6. The molecule has 196 valence electrons. The molecule has 2 heterocycles. The molecule has 0 saturated carbocycles. The minimum absolute atomic E-state index is 0.496. The van der Waals surface area contributed by atoms with Crippen LogP contribution in [0.5, 0.6) is 5.75 Å². The lowest BCUT2D eigenvalue weighted by molar-refractivity contribution is 0.403. The van der Waals surface area contributed by atoms with Gasteiger partial charge in [0.1, 0.15) is 17.4 Å². The van der Waals surface area contributed by atoms with Gasteiger partial charge in [0, 0.05) is 36.3 Å². The van der Waals surface area contributed by atoms with Crippen LogP contribution in [0.2, 0.25) is 0 Å². The minimum Gasteiger partial charge on any atom is -0.495 e. The number of aromatic nitrogens is 1. The quantitative estimate of drug-likeness (QED) is 0.212. The van der Waals surface area contributed by atoms with Crippen LogP contribution in [0.3, 0.4) is 0 Å². The predicted octanol–water partition coefficient (Wildman–Crippen LogP) is 9.09. The third-order valence-electron chi connectivity index (χ3n) is 7.18. The van der Waals surface area contributed by atoms with E-state index in [9.17, 15) is 5.26 Å². The molecule has 6 nitrogen and oxygen atoms in total. The fourth-order valence-corrected chi connectivity index (χ4v) is 5.34. The normalized spacial score (nSPS) is 11.4. The van der Waals surface area contributed by atoms with E-state index in [0.29, 0.717) is 22.4 Å². The standard InChI is InChI=1S/C30H39N5OS/c1-7-22(8-2)18-35(19-23(9-3)10-4)28-15-21(5)27(16-29(28)36-6)33-34-30-24(17-31)25(20-37-30)26-13-11-12-14-32-26/h11-16,20,22-23H,7-10,18-19H2,1-6H3/b34-33+. The van der Waals surface area contributed by atoms with Crippen molar-refractivity contribution in [2.24, 2.45) is 22.1 Å². The van der Waals surface area contributed by atoms with Crippen LogP contribution >= 0.6 is 11.3 Å². The van der Waals surface area contributed by atoms with Crippen molar-refractivity contribution >= 4 is 27.7 Å². The van der Waals surface area contributed by atoms with Gasteiger partial charge in [-0.15, -0.1) is 21.6 Å². The van der Waals surface area contributed by atoms with E-state index >= 15 is 0 Å². The average molecular weight is 518 g/mol. The molecule has 0 radical (unpaired) electrons. The van der Waals surface area contributed by atoms with Gasteiger partial charge in [0.2, 0.25) is 0 Å². The SMILES string of the molecule is CCC(CC)CN(CC(CC)CC)c1cc(C)c(/N=N/c2scc(-c3ccccn3)c2C#N)cc1OC. The van der Waals surface area contributed by atoms with Gasteiger partial charge in [0.25, 0.3) is 0 Å². The lowest BCUT2D eigenvalue weighted by atomic mass is 9.98. The van der Waals surface area contributed by atoms with Gasteiger partial charge in [0.15, 0.2) is 5.00 Å². The van der Waals surface area contributed by atoms with Gasteiger partial charge in [-0.05, 0) is 42.5 Å². The van der Waals surface area contributed by atoms with Gasteiger partial charge >= 0.3 is 0 Å². The fourth-order valence-electron chi connectivity index (χ4n) is 4.51. The average Bonchev–Trinajstić information content (AvgIpc) is 3.36. The highest BCUT2D eigenvalue weighted by Gasteiger charge is 2.21. The van der Waals surface area contributed by atoms with Gasteiger partial charge in [-0.25, -0.2) is 0 Å². The molecule has 0 N–H and O–H groups in total. The molecule has 0 aliphatic carbocycles. The Morgan fingerprint density at radius 1 is 1.03 bits per heavy atom. The van der Waals surface area contributed by atoms with Gasteiger partial charge in [-0.2, -0.15) is 5.26 Å². The van der Waals surface area contributed by atoms with Crippen molar-refractivity contribution in [2.75, 3.05) is 25.1 Å². The number of rotatable bonds is 13. The fraction of sp³-hybridized carbons (Fsp3) is 0.467. The monoisotopic (exact) mass is 517 g/mol. The third kappa shape index (κ3) is 6.95. The number of ether oxygens (including phenoxy) is 1. The van der Waals surface area contributed by atoms with Crippen LogP contribution in [0.15, 0.2) is 52.1 Å².